The number of amides is 1. The Morgan fingerprint density at radius 3 is 1.16 bits per heavy atom. The third kappa shape index (κ3) is 39.3. The van der Waals surface area contributed by atoms with E-state index in [0.717, 1.165) is 51.4 Å². The van der Waals surface area contributed by atoms with E-state index in [1.807, 2.05) is 0 Å². The van der Waals surface area contributed by atoms with Crippen LogP contribution in [0, 0.1) is 0 Å². The van der Waals surface area contributed by atoms with Gasteiger partial charge in [-0.15, -0.1) is 0 Å². The minimum atomic E-state index is -5.07. The van der Waals surface area contributed by atoms with Gasteiger partial charge in [0, 0.05) is 6.42 Å². The van der Waals surface area contributed by atoms with E-state index < -0.39 is 59.9 Å². The van der Waals surface area contributed by atoms with Crippen molar-refractivity contribution in [3.63, 3.8) is 0 Å². The Morgan fingerprint density at radius 1 is 0.522 bits per heavy atom. The van der Waals surface area contributed by atoms with E-state index in [0.29, 0.717) is 12.8 Å². The molecule has 0 aromatic rings. The highest BCUT2D eigenvalue weighted by Crippen LogP contribution is 2.26. The number of carbonyl (C=O) groups excluding carboxylic acids is 1. The summed E-state index contributed by atoms with van der Waals surface area (Å²) in [6.07, 6.45) is 45.7. The summed E-state index contributed by atoms with van der Waals surface area (Å²) >= 11 is 0. The summed E-state index contributed by atoms with van der Waals surface area (Å²) in [6.45, 7) is 3.47. The Kier molecular flexibility index (Phi) is 44.9. The number of carbonyl (C=O) groups is 1. The van der Waals surface area contributed by atoms with Crippen molar-refractivity contribution in [1.29, 1.82) is 0 Å². The number of aliphatic hydroxyl groups excluding tert-OH is 4. The van der Waals surface area contributed by atoms with E-state index in [1.54, 1.807) is 0 Å². The third-order valence-corrected chi connectivity index (χ3v) is 14.9. The highest BCUT2D eigenvalue weighted by atomic mass is 32.3. The molecule has 6 N–H and O–H groups in total. The molecule has 69 heavy (non-hydrogen) atoms. The van der Waals surface area contributed by atoms with Crippen molar-refractivity contribution < 1.29 is 51.8 Å². The van der Waals surface area contributed by atoms with Gasteiger partial charge in [-0.05, 0) is 12.8 Å². The van der Waals surface area contributed by atoms with Crippen LogP contribution in [0.4, 0.5) is 0 Å². The van der Waals surface area contributed by atoms with E-state index in [-0.39, 0.29) is 12.5 Å². The van der Waals surface area contributed by atoms with Crippen LogP contribution in [0.3, 0.4) is 0 Å². The second kappa shape index (κ2) is 46.9. The number of ether oxygens (including phenoxy) is 2. The fourth-order valence-electron chi connectivity index (χ4n) is 9.88. The number of nitrogens with one attached hydrogen (secondary N) is 1. The Balaban J connectivity index is 2.19. The van der Waals surface area contributed by atoms with Gasteiger partial charge in [-0.25, -0.2) is 4.18 Å². The fourth-order valence-corrected chi connectivity index (χ4v) is 10.4. The summed E-state index contributed by atoms with van der Waals surface area (Å²) in [4.78, 5) is 13.1. The van der Waals surface area contributed by atoms with Gasteiger partial charge in [-0.2, -0.15) is 8.42 Å². The quantitative estimate of drug-likeness (QED) is 0.0251. The fraction of sp³-hybridized carbons (Fsp3) is 0.982. The molecule has 7 atom stereocenters. The molecule has 7 unspecified atom stereocenters. The first-order valence-corrected chi connectivity index (χ1v) is 30.8. The molecular weight excluding hydrogens is 895 g/mol. The highest BCUT2D eigenvalue weighted by Gasteiger charge is 2.48. The maximum atomic E-state index is 13.1. The van der Waals surface area contributed by atoms with E-state index >= 15 is 0 Å². The number of rotatable bonds is 52. The van der Waals surface area contributed by atoms with E-state index in [9.17, 15) is 38.2 Å². The molecule has 12 nitrogen and oxygen atoms in total. The van der Waals surface area contributed by atoms with Crippen molar-refractivity contribution in [3.05, 3.63) is 0 Å². The normalized spacial score (nSPS) is 19.6. The summed E-state index contributed by atoms with van der Waals surface area (Å²) in [5.74, 6) is -0.224. The molecule has 13 heteroatoms. The number of unbranched alkanes of at least 4 members (excludes halogenated alkanes) is 40. The zero-order valence-corrected chi connectivity index (χ0v) is 45.5. The van der Waals surface area contributed by atoms with E-state index in [2.05, 4.69) is 23.3 Å². The lowest BCUT2D eigenvalue weighted by molar-refractivity contribution is -0.298. The molecule has 1 aliphatic heterocycles. The molecule has 0 radical (unpaired) electrons. The minimum Gasteiger partial charge on any atom is -0.394 e. The zero-order valence-electron chi connectivity index (χ0n) is 44.7. The van der Waals surface area contributed by atoms with Crippen LogP contribution in [-0.4, -0.2) is 95.4 Å². The second-order valence-corrected chi connectivity index (χ2v) is 22.0. The molecule has 0 spiro atoms. The topological polar surface area (TPSA) is 192 Å². The highest BCUT2D eigenvalue weighted by molar-refractivity contribution is 7.80. The average Bonchev–Trinajstić information content (AvgIpc) is 3.32. The molecule has 1 rings (SSSR count). The second-order valence-electron chi connectivity index (χ2n) is 21.0. The van der Waals surface area contributed by atoms with Gasteiger partial charge >= 0.3 is 10.4 Å². The van der Waals surface area contributed by atoms with Gasteiger partial charge in [-0.1, -0.05) is 277 Å². The number of hydrogen-bond donors (Lipinski definition) is 6. The molecule has 1 saturated heterocycles. The van der Waals surface area contributed by atoms with Crippen molar-refractivity contribution in [2.45, 2.75) is 339 Å². The summed E-state index contributed by atoms with van der Waals surface area (Å²) < 4.78 is 47.8. The van der Waals surface area contributed by atoms with Gasteiger partial charge < -0.3 is 35.2 Å². The monoisotopic (exact) mass is 1010 g/mol. The van der Waals surface area contributed by atoms with Crippen LogP contribution in [0.5, 0.6) is 0 Å². The molecule has 0 aliphatic carbocycles. The largest absolute Gasteiger partial charge is 0.397 e. The Bertz CT molecular complexity index is 1230. The third-order valence-electron chi connectivity index (χ3n) is 14.4. The van der Waals surface area contributed by atoms with Crippen LogP contribution >= 0.6 is 0 Å². The summed E-state index contributed by atoms with van der Waals surface area (Å²) in [5, 5.41) is 45.0. The predicted molar refractivity (Wildman–Crippen MR) is 283 cm³/mol. The standard InChI is InChI=1S/C56H111NO11S/c1-3-5-7-9-11-13-15-16-17-18-19-20-21-22-23-24-25-26-27-28-29-30-31-32-33-34-36-38-40-42-44-46-52(60)57-49(50(59)45-43-41-39-37-35-14-12-10-8-6-4-2)48-66-56-54(62)55(68-69(63,64)65)53(61)51(47-58)67-56/h49-51,53-56,58-59,61-62H,3-48H2,1-2H3,(H,57,60)(H,63,64,65). The van der Waals surface area contributed by atoms with Crippen molar-refractivity contribution >= 4 is 16.3 Å². The molecule has 0 saturated carbocycles. The molecule has 412 valence electrons. The van der Waals surface area contributed by atoms with Gasteiger partial charge in [0.25, 0.3) is 0 Å². The molecule has 0 bridgehead atoms. The van der Waals surface area contributed by atoms with Gasteiger partial charge in [-0.3, -0.25) is 9.35 Å². The molecule has 1 fully saturated rings. The molecule has 0 aromatic carbocycles. The maximum Gasteiger partial charge on any atom is 0.397 e. The lowest BCUT2D eigenvalue weighted by Gasteiger charge is -2.41. The first-order valence-electron chi connectivity index (χ1n) is 29.4. The molecule has 1 heterocycles. The lowest BCUT2D eigenvalue weighted by atomic mass is 9.99. The summed E-state index contributed by atoms with van der Waals surface area (Å²) in [6, 6.07) is -0.852. The van der Waals surface area contributed by atoms with Crippen LogP contribution in [0.2, 0.25) is 0 Å². The van der Waals surface area contributed by atoms with Crippen LogP contribution < -0.4 is 5.32 Å². The van der Waals surface area contributed by atoms with Crippen LogP contribution in [0.15, 0.2) is 0 Å². The van der Waals surface area contributed by atoms with Gasteiger partial charge in [0.15, 0.2) is 6.29 Å². The maximum absolute atomic E-state index is 13.1. The molecule has 1 amide bonds. The first kappa shape index (κ1) is 66.1. The molecule has 0 aromatic heterocycles. The molecular formula is C56H111NO11S. The number of hydrogen-bond acceptors (Lipinski definition) is 10. The van der Waals surface area contributed by atoms with Gasteiger partial charge in [0.2, 0.25) is 5.91 Å². The minimum absolute atomic E-state index is 0.224. The first-order chi connectivity index (χ1) is 33.5. The van der Waals surface area contributed by atoms with Crippen molar-refractivity contribution in [1.82, 2.24) is 5.32 Å². The van der Waals surface area contributed by atoms with Crippen LogP contribution in [0.25, 0.3) is 0 Å². The van der Waals surface area contributed by atoms with Gasteiger partial charge in [0.1, 0.15) is 24.4 Å². The lowest BCUT2D eigenvalue weighted by Crippen LogP contribution is -2.61. The Morgan fingerprint density at radius 2 is 0.841 bits per heavy atom. The van der Waals surface area contributed by atoms with E-state index in [4.69, 9.17) is 9.47 Å². The van der Waals surface area contributed by atoms with Crippen molar-refractivity contribution in [2.75, 3.05) is 13.2 Å². The zero-order chi connectivity index (χ0) is 50.5. The smallest absolute Gasteiger partial charge is 0.394 e. The Hall–Kier alpha value is -0.900. The van der Waals surface area contributed by atoms with Crippen LogP contribution in [0.1, 0.15) is 296 Å². The van der Waals surface area contributed by atoms with E-state index in [1.165, 1.54) is 218 Å². The van der Waals surface area contributed by atoms with Crippen molar-refractivity contribution in [2.24, 2.45) is 0 Å². The summed E-state index contributed by atoms with van der Waals surface area (Å²) in [7, 11) is -5.07. The average molecular weight is 1010 g/mol. The molecule has 1 aliphatic rings. The van der Waals surface area contributed by atoms with Crippen LogP contribution in [-0.2, 0) is 28.9 Å². The summed E-state index contributed by atoms with van der Waals surface area (Å²) in [5.41, 5.74) is 0. The van der Waals surface area contributed by atoms with Gasteiger partial charge in [0.05, 0.1) is 25.4 Å². The SMILES string of the molecule is CCCCCCCCCCCCCCCCCCCCCCCCCCCCCCCCCC(=O)NC(COC1OC(CO)C(O)C(OS(=O)(=O)O)C1O)C(O)CCCCCCCCCCCCC. The number of aliphatic hydroxyl groups is 4. The Labute approximate surface area is 424 Å². The van der Waals surface area contributed by atoms with Crippen molar-refractivity contribution in [3.8, 4) is 0 Å². The predicted octanol–water partition coefficient (Wildman–Crippen LogP) is 13.7.